The molecule has 6 heteroatoms. The van der Waals surface area contributed by atoms with Crippen molar-refractivity contribution in [2.75, 3.05) is 13.1 Å². The van der Waals surface area contributed by atoms with Gasteiger partial charge in [-0.2, -0.15) is 0 Å². The minimum Gasteiger partial charge on any atom is -0.351 e. The molecule has 0 saturated carbocycles. The first-order chi connectivity index (χ1) is 9.79. The number of nitrogens with zero attached hydrogens (tertiary/aromatic N) is 2. The second kappa shape index (κ2) is 6.05. The molecule has 1 aliphatic rings. The van der Waals surface area contributed by atoms with Crippen LogP contribution >= 0.6 is 0 Å². The number of amides is 1. The molecule has 1 aromatic rings. The van der Waals surface area contributed by atoms with Gasteiger partial charge in [0.2, 0.25) is 5.91 Å². The Balaban J connectivity index is 2.11. The maximum Gasteiger partial charge on any atom is 0.269 e. The summed E-state index contributed by atoms with van der Waals surface area (Å²) in [5.74, 6) is -0.0436. The van der Waals surface area contributed by atoms with Crippen LogP contribution in [0.4, 0.5) is 0 Å². The predicted octanol–water partition coefficient (Wildman–Crippen LogP) is 0.972. The Labute approximate surface area is 125 Å². The van der Waals surface area contributed by atoms with Gasteiger partial charge < -0.3 is 5.32 Å². The Morgan fingerprint density at radius 2 is 1.90 bits per heavy atom. The monoisotopic (exact) mass is 294 g/mol. The van der Waals surface area contributed by atoms with E-state index in [1.165, 1.54) is 12.8 Å². The zero-order valence-corrected chi connectivity index (χ0v) is 13.5. The van der Waals surface area contributed by atoms with Crippen LogP contribution in [0.25, 0.3) is 0 Å². The molecule has 2 rings (SSSR count). The molecule has 1 aromatic heterocycles. The maximum atomic E-state index is 12.1. The zero-order chi connectivity index (χ0) is 15.6. The summed E-state index contributed by atoms with van der Waals surface area (Å²) in [7, 11) is 1.85. The minimum atomic E-state index is -0.448. The molecule has 118 valence electrons. The lowest BCUT2D eigenvalue weighted by Gasteiger charge is -2.19. The van der Waals surface area contributed by atoms with Gasteiger partial charge in [0.1, 0.15) is 0 Å². The fraction of sp³-hybridized carbons (Fsp3) is 0.733. The third-order valence-electron chi connectivity index (χ3n) is 3.98. The minimum absolute atomic E-state index is 0.0436. The smallest absolute Gasteiger partial charge is 0.269 e. The van der Waals surface area contributed by atoms with E-state index >= 15 is 0 Å². The van der Waals surface area contributed by atoms with Gasteiger partial charge in [-0.05, 0) is 25.9 Å². The van der Waals surface area contributed by atoms with E-state index in [0.717, 1.165) is 25.3 Å². The van der Waals surface area contributed by atoms with E-state index in [1.54, 1.807) is 4.68 Å². The Hall–Kier alpha value is -1.56. The number of H-pyrrole nitrogens is 1. The Morgan fingerprint density at radius 3 is 2.48 bits per heavy atom. The zero-order valence-electron chi connectivity index (χ0n) is 13.5. The highest BCUT2D eigenvalue weighted by Crippen LogP contribution is 2.15. The third kappa shape index (κ3) is 3.75. The van der Waals surface area contributed by atoms with Gasteiger partial charge in [0, 0.05) is 19.0 Å². The van der Waals surface area contributed by atoms with E-state index in [4.69, 9.17) is 0 Å². The van der Waals surface area contributed by atoms with Gasteiger partial charge in [0.15, 0.2) is 0 Å². The Morgan fingerprint density at radius 1 is 1.29 bits per heavy atom. The predicted molar refractivity (Wildman–Crippen MR) is 81.8 cm³/mol. The van der Waals surface area contributed by atoms with Crippen LogP contribution < -0.4 is 10.9 Å². The summed E-state index contributed by atoms with van der Waals surface area (Å²) >= 11 is 0. The van der Waals surface area contributed by atoms with Crippen LogP contribution in [0.15, 0.2) is 4.79 Å². The molecule has 0 unspecified atom stereocenters. The molecule has 6 nitrogen and oxygen atoms in total. The van der Waals surface area contributed by atoms with Crippen LogP contribution in [0.3, 0.4) is 0 Å². The third-order valence-corrected chi connectivity index (χ3v) is 3.98. The number of hydrogen-bond acceptors (Lipinski definition) is 3. The molecule has 0 aromatic carbocycles. The first-order valence-electron chi connectivity index (χ1n) is 7.56. The lowest BCUT2D eigenvalue weighted by atomic mass is 9.95. The molecule has 21 heavy (non-hydrogen) atoms. The van der Waals surface area contributed by atoms with Gasteiger partial charge >= 0.3 is 0 Å². The molecule has 0 spiro atoms. The van der Waals surface area contributed by atoms with Crippen LogP contribution in [0.5, 0.6) is 0 Å². The number of aromatic amines is 1. The number of nitrogens with one attached hydrogen (secondary N) is 2. The van der Waals surface area contributed by atoms with Crippen LogP contribution in [0.1, 0.15) is 44.9 Å². The highest BCUT2D eigenvalue weighted by atomic mass is 16.2. The van der Waals surface area contributed by atoms with Gasteiger partial charge in [0.25, 0.3) is 5.56 Å². The second-order valence-corrected chi connectivity index (χ2v) is 6.84. The summed E-state index contributed by atoms with van der Waals surface area (Å²) in [5, 5.41) is 5.66. The quantitative estimate of drug-likeness (QED) is 0.869. The molecular weight excluding hydrogens is 268 g/mol. The van der Waals surface area contributed by atoms with Gasteiger partial charge in [-0.1, -0.05) is 20.8 Å². The number of hydrogen-bond donors (Lipinski definition) is 2. The number of rotatable bonds is 4. The molecular formula is C15H26N4O2. The van der Waals surface area contributed by atoms with Crippen molar-refractivity contribution < 1.29 is 4.79 Å². The molecule has 2 N–H and O–H groups in total. The van der Waals surface area contributed by atoms with E-state index in [9.17, 15) is 9.59 Å². The van der Waals surface area contributed by atoms with Crippen LogP contribution in [-0.2, 0) is 24.9 Å². The van der Waals surface area contributed by atoms with Gasteiger partial charge in [0.05, 0.1) is 17.8 Å². The first-order valence-corrected chi connectivity index (χ1v) is 7.56. The highest BCUT2D eigenvalue weighted by molar-refractivity contribution is 5.81. The van der Waals surface area contributed by atoms with Crippen molar-refractivity contribution in [2.24, 2.45) is 12.5 Å². The molecule has 2 heterocycles. The summed E-state index contributed by atoms with van der Waals surface area (Å²) in [6.45, 7) is 8.79. The van der Waals surface area contributed by atoms with Crippen molar-refractivity contribution in [3.63, 3.8) is 0 Å². The lowest BCUT2D eigenvalue weighted by Crippen LogP contribution is -2.35. The number of likely N-dealkylation sites (tertiary alicyclic amines) is 1. The molecule has 1 aliphatic heterocycles. The Kier molecular flexibility index (Phi) is 4.56. The van der Waals surface area contributed by atoms with Crippen molar-refractivity contribution in [2.45, 2.75) is 46.7 Å². The summed E-state index contributed by atoms with van der Waals surface area (Å²) in [6, 6.07) is 0. The fourth-order valence-electron chi connectivity index (χ4n) is 2.59. The van der Waals surface area contributed by atoms with Crippen LogP contribution in [0, 0.1) is 5.41 Å². The molecule has 0 aliphatic carbocycles. The van der Waals surface area contributed by atoms with E-state index < -0.39 is 5.41 Å². The van der Waals surface area contributed by atoms with Gasteiger partial charge in [-0.15, -0.1) is 0 Å². The number of carbonyl (C=O) groups excluding carboxylic acids is 1. The van der Waals surface area contributed by atoms with Gasteiger partial charge in [-0.25, -0.2) is 0 Å². The number of aromatic nitrogens is 2. The highest BCUT2D eigenvalue weighted by Gasteiger charge is 2.23. The molecule has 1 amide bonds. The lowest BCUT2D eigenvalue weighted by molar-refractivity contribution is -0.128. The number of aryl methyl sites for hydroxylation is 1. The summed E-state index contributed by atoms with van der Waals surface area (Å²) in [5.41, 5.74) is 1.08. The summed E-state index contributed by atoms with van der Waals surface area (Å²) in [4.78, 5) is 26.4. The molecule has 1 saturated heterocycles. The first kappa shape index (κ1) is 15.8. The molecule has 0 atom stereocenters. The Bertz CT molecular complexity index is 559. The normalized spacial score (nSPS) is 16.4. The van der Waals surface area contributed by atoms with Gasteiger partial charge in [-0.3, -0.25) is 24.3 Å². The largest absolute Gasteiger partial charge is 0.351 e. The maximum absolute atomic E-state index is 12.1. The van der Waals surface area contributed by atoms with Crippen molar-refractivity contribution in [3.05, 3.63) is 21.6 Å². The average molecular weight is 294 g/mol. The molecule has 0 radical (unpaired) electrons. The van der Waals surface area contributed by atoms with Crippen LogP contribution in [-0.4, -0.2) is 33.7 Å². The van der Waals surface area contributed by atoms with E-state index in [2.05, 4.69) is 15.3 Å². The fourth-order valence-corrected chi connectivity index (χ4v) is 2.59. The summed E-state index contributed by atoms with van der Waals surface area (Å²) < 4.78 is 1.78. The second-order valence-electron chi connectivity index (χ2n) is 6.84. The van der Waals surface area contributed by atoms with Crippen molar-refractivity contribution in [1.82, 2.24) is 20.0 Å². The number of carbonyl (C=O) groups is 1. The standard InChI is InChI=1S/C15H26N4O2/c1-15(2,3)14(21)16-9-11-12(18(4)17-13(11)20)10-19-7-5-6-8-19/h5-10H2,1-4H3,(H,16,21)(H,17,20). The van der Waals surface area contributed by atoms with E-state index in [0.29, 0.717) is 5.56 Å². The average Bonchev–Trinajstić information content (AvgIpc) is 2.96. The van der Waals surface area contributed by atoms with E-state index in [-0.39, 0.29) is 18.0 Å². The molecule has 0 bridgehead atoms. The summed E-state index contributed by atoms with van der Waals surface area (Å²) in [6.07, 6.45) is 2.43. The SMILES string of the molecule is Cn1[nH]c(=O)c(CNC(=O)C(C)(C)C)c1CN1CCCC1. The van der Waals surface area contributed by atoms with Crippen molar-refractivity contribution in [3.8, 4) is 0 Å². The topological polar surface area (TPSA) is 70.1 Å². The van der Waals surface area contributed by atoms with E-state index in [1.807, 2.05) is 27.8 Å². The van der Waals surface area contributed by atoms with Crippen molar-refractivity contribution in [1.29, 1.82) is 0 Å². The van der Waals surface area contributed by atoms with Crippen molar-refractivity contribution >= 4 is 5.91 Å². The van der Waals surface area contributed by atoms with Crippen LogP contribution in [0.2, 0.25) is 0 Å². The molecule has 1 fully saturated rings.